The van der Waals surface area contributed by atoms with Crippen LogP contribution in [0.15, 0.2) is 61.2 Å². The Labute approximate surface area is 331 Å². The zero-order chi connectivity index (χ0) is 39.6. The van der Waals surface area contributed by atoms with Crippen molar-refractivity contribution in [3.63, 3.8) is 0 Å². The molecule has 1 saturated carbocycles. The maximum absolute atomic E-state index is 12.4. The minimum Gasteiger partial charge on any atom is -0.368 e. The first-order chi connectivity index (χ1) is 27.7. The predicted octanol–water partition coefficient (Wildman–Crippen LogP) is 5.38. The van der Waals surface area contributed by atoms with Crippen molar-refractivity contribution in [3.05, 3.63) is 78.0 Å². The van der Waals surface area contributed by atoms with Gasteiger partial charge in [0.2, 0.25) is 11.8 Å². The number of anilines is 2. The lowest BCUT2D eigenvalue weighted by molar-refractivity contribution is -0.134. The normalized spacial score (nSPS) is 23.5. The zero-order valence-corrected chi connectivity index (χ0v) is 32.5. The van der Waals surface area contributed by atoms with E-state index in [1.807, 2.05) is 24.4 Å². The van der Waals surface area contributed by atoms with E-state index in [2.05, 4.69) is 83.9 Å². The van der Waals surface area contributed by atoms with E-state index in [1.165, 1.54) is 18.3 Å². The topological polar surface area (TPSA) is 187 Å². The van der Waals surface area contributed by atoms with Gasteiger partial charge in [0.05, 0.1) is 47.5 Å². The molecule has 4 aromatic heterocycles. The van der Waals surface area contributed by atoms with E-state index in [-0.39, 0.29) is 17.7 Å². The molecule has 1 aliphatic carbocycles. The lowest BCUT2D eigenvalue weighted by Crippen LogP contribution is -2.57. The molecular weight excluding hydrogens is 719 g/mol. The maximum atomic E-state index is 12.4. The molecule has 6 heterocycles. The predicted molar refractivity (Wildman–Crippen MR) is 214 cm³/mol. The summed E-state index contributed by atoms with van der Waals surface area (Å²) >= 11 is 0. The number of pyridine rings is 2. The van der Waals surface area contributed by atoms with Gasteiger partial charge in [-0.3, -0.25) is 19.8 Å². The fourth-order valence-corrected chi connectivity index (χ4v) is 8.86. The molecule has 292 valence electrons. The van der Waals surface area contributed by atoms with Crippen molar-refractivity contribution >= 4 is 34.2 Å². The number of aromatic nitrogens is 7. The summed E-state index contributed by atoms with van der Waals surface area (Å²) in [5.41, 5.74) is 5.48. The zero-order valence-electron chi connectivity index (χ0n) is 32.5. The molecule has 3 aliphatic rings. The number of benzene rings is 1. The van der Waals surface area contributed by atoms with Crippen LogP contribution in [0.25, 0.3) is 22.5 Å². The third kappa shape index (κ3) is 7.93. The van der Waals surface area contributed by atoms with E-state index in [9.17, 15) is 20.1 Å². The van der Waals surface area contributed by atoms with Gasteiger partial charge in [0.25, 0.3) is 0 Å². The van der Waals surface area contributed by atoms with Crippen molar-refractivity contribution in [2.75, 3.05) is 29.9 Å². The molecule has 0 bridgehead atoms. The van der Waals surface area contributed by atoms with Gasteiger partial charge in [-0.05, 0) is 95.5 Å². The molecule has 3 fully saturated rings. The van der Waals surface area contributed by atoms with E-state index in [4.69, 9.17) is 0 Å². The van der Waals surface area contributed by atoms with Crippen LogP contribution in [-0.4, -0.2) is 89.2 Å². The Bertz CT molecular complexity index is 2340. The minimum atomic E-state index is -0.469. The molecule has 4 atom stereocenters. The van der Waals surface area contributed by atoms with Crippen molar-refractivity contribution in [2.24, 2.45) is 5.92 Å². The number of rotatable bonds is 10. The molecule has 57 heavy (non-hydrogen) atoms. The molecule has 2 aliphatic heterocycles. The van der Waals surface area contributed by atoms with E-state index in [0.29, 0.717) is 65.2 Å². The number of hydrogen-bond acceptors (Lipinski definition) is 12. The Hall–Kier alpha value is -6.19. The molecule has 5 aromatic rings. The van der Waals surface area contributed by atoms with Crippen LogP contribution in [0.2, 0.25) is 0 Å². The number of nitrogens with one attached hydrogen (secondary N) is 2. The lowest BCUT2D eigenvalue weighted by Gasteiger charge is -2.46. The molecule has 15 heteroatoms. The van der Waals surface area contributed by atoms with Gasteiger partial charge in [-0.15, -0.1) is 5.10 Å². The second-order valence-electron chi connectivity index (χ2n) is 15.9. The fraction of sp³-hybridized carbons (Fsp3) is 0.452. The van der Waals surface area contributed by atoms with E-state index in [1.54, 1.807) is 34.7 Å². The first-order valence-corrected chi connectivity index (χ1v) is 19.9. The quantitative estimate of drug-likeness (QED) is 0.173. The van der Waals surface area contributed by atoms with Crippen LogP contribution in [0.4, 0.5) is 11.4 Å². The summed E-state index contributed by atoms with van der Waals surface area (Å²) in [4.78, 5) is 38.2. The molecule has 1 unspecified atom stereocenters. The number of nitrogens with zero attached hydrogens (tertiary/aromatic N) is 11. The number of nitriles is 2. The monoisotopic (exact) mass is 765 g/mol. The highest BCUT2D eigenvalue weighted by molar-refractivity contribution is 6.01. The van der Waals surface area contributed by atoms with E-state index >= 15 is 0 Å². The molecule has 1 aromatic carbocycles. The van der Waals surface area contributed by atoms with E-state index < -0.39 is 6.04 Å². The molecule has 2 N–H and O–H groups in total. The Morgan fingerprint density at radius 1 is 0.965 bits per heavy atom. The molecule has 8 rings (SSSR count). The van der Waals surface area contributed by atoms with Crippen molar-refractivity contribution < 1.29 is 9.59 Å². The second kappa shape index (κ2) is 16.1. The summed E-state index contributed by atoms with van der Waals surface area (Å²) in [6, 6.07) is 16.6. The Balaban J connectivity index is 0.861. The third-order valence-electron chi connectivity index (χ3n) is 12.0. The van der Waals surface area contributed by atoms with Gasteiger partial charge in [0.1, 0.15) is 17.8 Å². The highest BCUT2D eigenvalue weighted by Gasteiger charge is 2.32. The third-order valence-corrected chi connectivity index (χ3v) is 12.0. The summed E-state index contributed by atoms with van der Waals surface area (Å²) in [6.07, 6.45) is 13.4. The minimum absolute atomic E-state index is 0.185. The van der Waals surface area contributed by atoms with Crippen molar-refractivity contribution in [2.45, 2.75) is 95.7 Å². The van der Waals surface area contributed by atoms with Crippen molar-refractivity contribution in [3.8, 4) is 23.6 Å². The van der Waals surface area contributed by atoms with Gasteiger partial charge in [0.15, 0.2) is 11.5 Å². The van der Waals surface area contributed by atoms with Gasteiger partial charge in [-0.2, -0.15) is 20.3 Å². The van der Waals surface area contributed by atoms with Crippen molar-refractivity contribution in [1.82, 2.24) is 45.0 Å². The Kier molecular flexibility index (Phi) is 10.7. The summed E-state index contributed by atoms with van der Waals surface area (Å²) in [7, 11) is 0. The summed E-state index contributed by atoms with van der Waals surface area (Å²) in [6.45, 7) is 9.44. The van der Waals surface area contributed by atoms with Gasteiger partial charge in [0, 0.05) is 60.8 Å². The number of amides is 2. The molecule has 15 nitrogen and oxygen atoms in total. The highest BCUT2D eigenvalue weighted by Crippen LogP contribution is 2.37. The molecular formula is C42H47N13O2. The lowest BCUT2D eigenvalue weighted by atomic mass is 9.79. The van der Waals surface area contributed by atoms with Gasteiger partial charge >= 0.3 is 0 Å². The van der Waals surface area contributed by atoms with Crippen LogP contribution >= 0.6 is 0 Å². The molecule has 0 spiro atoms. The summed E-state index contributed by atoms with van der Waals surface area (Å²) < 4.78 is 3.35. The number of carbonyl (C=O) groups excluding carboxylic acids is 2. The van der Waals surface area contributed by atoms with Crippen LogP contribution < -0.4 is 15.5 Å². The Morgan fingerprint density at radius 3 is 2.46 bits per heavy atom. The maximum Gasteiger partial charge on any atom is 0.234 e. The van der Waals surface area contributed by atoms with Crippen LogP contribution in [0.1, 0.15) is 94.4 Å². The SMILES string of the molecule is C[C@H](C#N)Nc1cc(-n2ncc3cc(C#N)cnc32)ncc1-n1cc(C2CCC(CCN3[C@H](C)CN(c4ccc(C5CCC(=O)NC5=O)cc4)C[C@H]3C)CC2)nn1. The molecule has 2 amide bonds. The number of carbonyl (C=O) groups is 2. The number of piperidine rings is 1. The first-order valence-electron chi connectivity index (χ1n) is 19.9. The summed E-state index contributed by atoms with van der Waals surface area (Å²) in [5.74, 6) is 0.881. The van der Waals surface area contributed by atoms with Gasteiger partial charge < -0.3 is 10.2 Å². The van der Waals surface area contributed by atoms with Crippen LogP contribution in [0.5, 0.6) is 0 Å². The van der Waals surface area contributed by atoms with Crippen LogP contribution in [0.3, 0.4) is 0 Å². The average Bonchev–Trinajstić information content (AvgIpc) is 3.89. The first kappa shape index (κ1) is 37.7. The standard InChI is InChI=1S/C42H47N13O2/c1-26(18-43)48-36-17-39(55-41-33(21-47-55)16-30(19-44)20-46-41)45-22-38(36)54-25-37(50-51-54)32-6-4-29(5-7-32)14-15-53-27(2)23-52(24-28(53)3)34-10-8-31(9-11-34)35-12-13-40(56)49-42(35)57/h8-11,16-17,20-22,25-29,32,35H,4-7,12-15,23-24H2,1-3H3,(H,45,48)(H,49,56,57)/t26-,27-,28-,29?,32?,35?/m1/s1. The van der Waals surface area contributed by atoms with Gasteiger partial charge in [-0.25, -0.2) is 14.6 Å². The Morgan fingerprint density at radius 2 is 1.74 bits per heavy atom. The smallest absolute Gasteiger partial charge is 0.234 e. The number of hydrogen-bond donors (Lipinski definition) is 2. The van der Waals surface area contributed by atoms with Crippen LogP contribution in [0, 0.1) is 28.6 Å². The number of piperazine rings is 1. The second-order valence-corrected chi connectivity index (χ2v) is 15.9. The molecule has 0 radical (unpaired) electrons. The van der Waals surface area contributed by atoms with E-state index in [0.717, 1.165) is 62.0 Å². The van der Waals surface area contributed by atoms with Gasteiger partial charge in [-0.1, -0.05) is 17.3 Å². The largest absolute Gasteiger partial charge is 0.368 e. The fourth-order valence-electron chi connectivity index (χ4n) is 8.86. The summed E-state index contributed by atoms with van der Waals surface area (Å²) in [5, 5.41) is 38.9. The van der Waals surface area contributed by atoms with Crippen molar-refractivity contribution in [1.29, 1.82) is 10.5 Å². The average molecular weight is 766 g/mol. The van der Waals surface area contributed by atoms with Crippen LogP contribution in [-0.2, 0) is 9.59 Å². The molecule has 2 saturated heterocycles. The highest BCUT2D eigenvalue weighted by atomic mass is 16.2. The number of imide groups is 1. The number of fused-ring (bicyclic) bond motifs is 1.